The van der Waals surface area contributed by atoms with E-state index in [9.17, 15) is 4.79 Å². The SMILES string of the molecule is COCCC(Nc1nncs1)C(=O)O. The topological polar surface area (TPSA) is 84.3 Å². The molecule has 7 heteroatoms. The minimum atomic E-state index is -0.919. The smallest absolute Gasteiger partial charge is 0.326 e. The van der Waals surface area contributed by atoms with Crippen molar-refractivity contribution in [1.29, 1.82) is 0 Å². The van der Waals surface area contributed by atoms with Gasteiger partial charge in [-0.2, -0.15) is 0 Å². The molecule has 0 aliphatic carbocycles. The molecule has 1 unspecified atom stereocenters. The van der Waals surface area contributed by atoms with Crippen molar-refractivity contribution >= 4 is 22.4 Å². The number of nitrogens with zero attached hydrogens (tertiary/aromatic N) is 2. The quantitative estimate of drug-likeness (QED) is 0.719. The van der Waals surface area contributed by atoms with Gasteiger partial charge >= 0.3 is 5.97 Å². The molecule has 0 aromatic carbocycles. The zero-order chi connectivity index (χ0) is 10.4. The van der Waals surface area contributed by atoms with E-state index in [0.717, 1.165) is 0 Å². The van der Waals surface area contributed by atoms with E-state index in [-0.39, 0.29) is 0 Å². The average molecular weight is 217 g/mol. The van der Waals surface area contributed by atoms with E-state index in [1.165, 1.54) is 24.0 Å². The van der Waals surface area contributed by atoms with Crippen LogP contribution in [0.1, 0.15) is 6.42 Å². The number of carbonyl (C=O) groups is 1. The van der Waals surface area contributed by atoms with Crippen molar-refractivity contribution < 1.29 is 14.6 Å². The first-order chi connectivity index (χ1) is 6.74. The number of nitrogens with one attached hydrogen (secondary N) is 1. The molecule has 1 atom stereocenters. The predicted octanol–water partition coefficient (Wildman–Crippen LogP) is 0.440. The van der Waals surface area contributed by atoms with Gasteiger partial charge in [-0.25, -0.2) is 4.79 Å². The summed E-state index contributed by atoms with van der Waals surface area (Å²) in [5.41, 5.74) is 1.54. The maximum atomic E-state index is 10.8. The molecule has 1 aromatic rings. The highest BCUT2D eigenvalue weighted by atomic mass is 32.1. The fraction of sp³-hybridized carbons (Fsp3) is 0.571. The number of hydrogen-bond acceptors (Lipinski definition) is 6. The number of aliphatic carboxylic acids is 1. The van der Waals surface area contributed by atoms with E-state index in [4.69, 9.17) is 9.84 Å². The van der Waals surface area contributed by atoms with Crippen LogP contribution in [0.25, 0.3) is 0 Å². The number of hydrogen-bond donors (Lipinski definition) is 2. The summed E-state index contributed by atoms with van der Waals surface area (Å²) in [6.45, 7) is 0.392. The van der Waals surface area contributed by atoms with Crippen molar-refractivity contribution in [2.45, 2.75) is 12.5 Å². The molecule has 1 rings (SSSR count). The second kappa shape index (κ2) is 5.51. The molecule has 0 saturated heterocycles. The molecule has 0 spiro atoms. The van der Waals surface area contributed by atoms with Crippen molar-refractivity contribution in [1.82, 2.24) is 10.2 Å². The van der Waals surface area contributed by atoms with Crippen LogP contribution < -0.4 is 5.32 Å². The molecule has 14 heavy (non-hydrogen) atoms. The normalized spacial score (nSPS) is 12.4. The lowest BCUT2D eigenvalue weighted by Crippen LogP contribution is -2.30. The Hall–Kier alpha value is -1.21. The van der Waals surface area contributed by atoms with Crippen molar-refractivity contribution in [3.8, 4) is 0 Å². The molecule has 0 aliphatic heterocycles. The molecular weight excluding hydrogens is 206 g/mol. The lowest BCUT2D eigenvalue weighted by atomic mass is 10.2. The number of ether oxygens (including phenoxy) is 1. The minimum Gasteiger partial charge on any atom is -0.480 e. The highest BCUT2D eigenvalue weighted by Gasteiger charge is 2.17. The Morgan fingerprint density at radius 2 is 2.64 bits per heavy atom. The predicted molar refractivity (Wildman–Crippen MR) is 51.4 cm³/mol. The second-order valence-corrected chi connectivity index (χ2v) is 3.39. The maximum absolute atomic E-state index is 10.8. The van der Waals surface area contributed by atoms with Crippen LogP contribution in [0.5, 0.6) is 0 Å². The molecule has 0 aliphatic rings. The van der Waals surface area contributed by atoms with E-state index in [2.05, 4.69) is 15.5 Å². The third-order valence-corrected chi connectivity index (χ3v) is 2.19. The molecule has 0 saturated carbocycles. The van der Waals surface area contributed by atoms with E-state index in [1.54, 1.807) is 0 Å². The first-order valence-corrected chi connectivity index (χ1v) is 4.86. The fourth-order valence-electron chi connectivity index (χ4n) is 0.878. The van der Waals surface area contributed by atoms with Gasteiger partial charge in [0.05, 0.1) is 0 Å². The number of anilines is 1. The summed E-state index contributed by atoms with van der Waals surface area (Å²) in [5.74, 6) is -0.919. The van der Waals surface area contributed by atoms with Crippen LogP contribution in [0.15, 0.2) is 5.51 Å². The van der Waals surface area contributed by atoms with Gasteiger partial charge in [0.2, 0.25) is 5.13 Å². The van der Waals surface area contributed by atoms with Crippen LogP contribution in [0.2, 0.25) is 0 Å². The van der Waals surface area contributed by atoms with Gasteiger partial charge in [-0.1, -0.05) is 11.3 Å². The molecule has 2 N–H and O–H groups in total. The highest BCUT2D eigenvalue weighted by Crippen LogP contribution is 2.11. The Morgan fingerprint density at radius 1 is 1.86 bits per heavy atom. The molecule has 0 bridgehead atoms. The maximum Gasteiger partial charge on any atom is 0.326 e. The largest absolute Gasteiger partial charge is 0.480 e. The Bertz CT molecular complexity index is 278. The molecular formula is C7H11N3O3S. The molecule has 78 valence electrons. The van der Waals surface area contributed by atoms with Gasteiger partial charge in [-0.3, -0.25) is 0 Å². The molecule has 0 fully saturated rings. The number of carboxylic acids is 1. The summed E-state index contributed by atoms with van der Waals surface area (Å²) in [7, 11) is 1.53. The van der Waals surface area contributed by atoms with Gasteiger partial charge in [0, 0.05) is 20.1 Å². The third-order valence-electron chi connectivity index (χ3n) is 1.57. The van der Waals surface area contributed by atoms with E-state index in [1.807, 2.05) is 0 Å². The molecule has 1 heterocycles. The first kappa shape index (κ1) is 10.9. The van der Waals surface area contributed by atoms with E-state index in [0.29, 0.717) is 18.2 Å². The number of aromatic nitrogens is 2. The summed E-state index contributed by atoms with van der Waals surface area (Å²) in [6.07, 6.45) is 0.394. The van der Waals surface area contributed by atoms with Gasteiger partial charge in [0.15, 0.2) is 0 Å². The van der Waals surface area contributed by atoms with Crippen molar-refractivity contribution in [3.05, 3.63) is 5.51 Å². The summed E-state index contributed by atoms with van der Waals surface area (Å²) in [4.78, 5) is 10.8. The number of carboxylic acid groups (broad SMARTS) is 1. The summed E-state index contributed by atoms with van der Waals surface area (Å²) < 4.78 is 4.81. The van der Waals surface area contributed by atoms with Crippen molar-refractivity contribution in [3.63, 3.8) is 0 Å². The van der Waals surface area contributed by atoms with Gasteiger partial charge in [-0.15, -0.1) is 10.2 Å². The van der Waals surface area contributed by atoms with Crippen LogP contribution >= 0.6 is 11.3 Å². The van der Waals surface area contributed by atoms with Gasteiger partial charge < -0.3 is 15.2 Å². The van der Waals surface area contributed by atoms with Crippen molar-refractivity contribution in [2.24, 2.45) is 0 Å². The zero-order valence-electron chi connectivity index (χ0n) is 7.64. The summed E-state index contributed by atoms with van der Waals surface area (Å²) in [6, 6.07) is -0.678. The number of methoxy groups -OCH3 is 1. The minimum absolute atomic E-state index is 0.392. The second-order valence-electron chi connectivity index (χ2n) is 2.56. The summed E-state index contributed by atoms with van der Waals surface area (Å²) >= 11 is 1.26. The summed E-state index contributed by atoms with van der Waals surface area (Å²) in [5, 5.41) is 19.4. The van der Waals surface area contributed by atoms with Crippen LogP contribution in [-0.4, -0.2) is 41.0 Å². The Labute approximate surface area is 84.9 Å². The lowest BCUT2D eigenvalue weighted by molar-refractivity contribution is -0.138. The molecule has 6 nitrogen and oxygen atoms in total. The monoisotopic (exact) mass is 217 g/mol. The average Bonchev–Trinajstić information content (AvgIpc) is 2.64. The van der Waals surface area contributed by atoms with Crippen LogP contribution in [0, 0.1) is 0 Å². The van der Waals surface area contributed by atoms with Crippen LogP contribution in [-0.2, 0) is 9.53 Å². The fourth-order valence-corrected chi connectivity index (χ4v) is 1.38. The van der Waals surface area contributed by atoms with Crippen LogP contribution in [0.4, 0.5) is 5.13 Å². The molecule has 0 radical (unpaired) electrons. The third kappa shape index (κ3) is 3.27. The molecule has 0 amide bonds. The zero-order valence-corrected chi connectivity index (χ0v) is 8.45. The highest BCUT2D eigenvalue weighted by molar-refractivity contribution is 7.13. The van der Waals surface area contributed by atoms with Crippen LogP contribution in [0.3, 0.4) is 0 Å². The first-order valence-electron chi connectivity index (χ1n) is 3.98. The Balaban J connectivity index is 2.47. The van der Waals surface area contributed by atoms with E-state index < -0.39 is 12.0 Å². The number of rotatable bonds is 6. The Kier molecular flexibility index (Phi) is 4.27. The lowest BCUT2D eigenvalue weighted by Gasteiger charge is -2.11. The van der Waals surface area contributed by atoms with Gasteiger partial charge in [0.25, 0.3) is 0 Å². The van der Waals surface area contributed by atoms with E-state index >= 15 is 0 Å². The Morgan fingerprint density at radius 3 is 3.14 bits per heavy atom. The standard InChI is InChI=1S/C7H11N3O3S/c1-13-3-2-5(6(11)12)9-7-10-8-4-14-7/h4-5H,2-3H2,1H3,(H,9,10)(H,11,12). The van der Waals surface area contributed by atoms with Crippen molar-refractivity contribution in [2.75, 3.05) is 19.0 Å². The van der Waals surface area contributed by atoms with Gasteiger partial charge in [0.1, 0.15) is 11.6 Å². The van der Waals surface area contributed by atoms with Gasteiger partial charge in [-0.05, 0) is 0 Å². The molecule has 1 aromatic heterocycles.